The van der Waals surface area contributed by atoms with Crippen LogP contribution in [0.3, 0.4) is 0 Å². The number of hydrogen-bond acceptors (Lipinski definition) is 3. The van der Waals surface area contributed by atoms with Gasteiger partial charge in [0.2, 0.25) is 0 Å². The Hall–Kier alpha value is -3.21. The first-order chi connectivity index (χ1) is 12.8. The van der Waals surface area contributed by atoms with E-state index in [1.165, 1.54) is 4.90 Å². The van der Waals surface area contributed by atoms with E-state index >= 15 is 0 Å². The van der Waals surface area contributed by atoms with E-state index in [0.29, 0.717) is 22.5 Å². The van der Waals surface area contributed by atoms with Crippen LogP contribution in [-0.2, 0) is 5.54 Å². The minimum atomic E-state index is -0.308. The summed E-state index contributed by atoms with van der Waals surface area (Å²) in [4.78, 5) is 27.2. The summed E-state index contributed by atoms with van der Waals surface area (Å²) in [7, 11) is 0. The molecule has 1 aromatic heterocycles. The fourth-order valence-corrected chi connectivity index (χ4v) is 3.20. The second-order valence-corrected chi connectivity index (χ2v) is 7.84. The van der Waals surface area contributed by atoms with Gasteiger partial charge >= 0.3 is 0 Å². The molecule has 1 aliphatic heterocycles. The molecular weight excluding hydrogens is 338 g/mol. The molecule has 0 saturated heterocycles. The first-order valence-electron chi connectivity index (χ1n) is 8.92. The van der Waals surface area contributed by atoms with Gasteiger partial charge in [0, 0.05) is 5.56 Å². The van der Waals surface area contributed by atoms with Crippen LogP contribution in [0.4, 0.5) is 5.69 Å². The molecule has 0 atom stereocenters. The summed E-state index contributed by atoms with van der Waals surface area (Å²) >= 11 is 0. The third kappa shape index (κ3) is 2.76. The minimum absolute atomic E-state index is 0.281. The number of fused-ring (bicyclic) bond motifs is 1. The summed E-state index contributed by atoms with van der Waals surface area (Å²) < 4.78 is 1.81. The van der Waals surface area contributed by atoms with Gasteiger partial charge in [-0.15, -0.1) is 0 Å². The van der Waals surface area contributed by atoms with Crippen LogP contribution in [0.5, 0.6) is 0 Å². The Balaban J connectivity index is 1.90. The molecule has 0 saturated carbocycles. The van der Waals surface area contributed by atoms with E-state index in [2.05, 4.69) is 0 Å². The van der Waals surface area contributed by atoms with Crippen LogP contribution < -0.4 is 4.90 Å². The number of benzene rings is 2. The Morgan fingerprint density at radius 3 is 1.93 bits per heavy atom. The van der Waals surface area contributed by atoms with E-state index in [0.717, 1.165) is 11.1 Å². The number of hydrogen-bond donors (Lipinski definition) is 0. The first-order valence-corrected chi connectivity index (χ1v) is 8.92. The van der Waals surface area contributed by atoms with Gasteiger partial charge < -0.3 is 0 Å². The van der Waals surface area contributed by atoms with Gasteiger partial charge in [0.15, 0.2) is 0 Å². The predicted octanol–water partition coefficient (Wildman–Crippen LogP) is 4.41. The predicted molar refractivity (Wildman–Crippen MR) is 105 cm³/mol. The van der Waals surface area contributed by atoms with Crippen LogP contribution in [0.2, 0.25) is 0 Å². The molecule has 1 aliphatic rings. The van der Waals surface area contributed by atoms with Crippen LogP contribution in [0.1, 0.15) is 47.1 Å². The zero-order valence-electron chi connectivity index (χ0n) is 15.9. The normalized spacial score (nSPS) is 14.0. The second-order valence-electron chi connectivity index (χ2n) is 7.84. The van der Waals surface area contributed by atoms with E-state index in [9.17, 15) is 9.59 Å². The molecule has 2 heterocycles. The van der Waals surface area contributed by atoms with Crippen LogP contribution >= 0.6 is 0 Å². The van der Waals surface area contributed by atoms with E-state index in [1.54, 1.807) is 35.1 Å². The standard InChI is InChI=1S/C22H21N3O2/c1-14-9-11-15(12-10-14)19-18(13-24(23-19)22(2,3)4)25-20(26)16-7-5-6-8-17(16)21(25)27/h5-13H,1-4H3. The number of aryl methyl sites for hydroxylation is 1. The number of aromatic nitrogens is 2. The number of amides is 2. The molecule has 136 valence electrons. The summed E-state index contributed by atoms with van der Waals surface area (Å²) in [5.74, 6) is -0.616. The maximum atomic E-state index is 13.0. The highest BCUT2D eigenvalue weighted by Gasteiger charge is 2.39. The van der Waals surface area contributed by atoms with Crippen LogP contribution in [0, 0.1) is 6.92 Å². The average molecular weight is 359 g/mol. The number of carbonyl (C=O) groups excluding carboxylic acids is 2. The molecule has 0 fully saturated rings. The highest BCUT2D eigenvalue weighted by atomic mass is 16.2. The van der Waals surface area contributed by atoms with Crippen LogP contribution in [-0.4, -0.2) is 21.6 Å². The van der Waals surface area contributed by atoms with Gasteiger partial charge in [0.25, 0.3) is 11.8 Å². The summed E-state index contributed by atoms with van der Waals surface area (Å²) in [6.45, 7) is 8.11. The maximum absolute atomic E-state index is 13.0. The molecule has 2 aromatic carbocycles. The molecule has 2 amide bonds. The van der Waals surface area contributed by atoms with Gasteiger partial charge in [-0.3, -0.25) is 14.3 Å². The van der Waals surface area contributed by atoms with Crippen molar-refractivity contribution in [3.63, 3.8) is 0 Å². The number of carbonyl (C=O) groups is 2. The Labute approximate surface area is 158 Å². The van der Waals surface area contributed by atoms with Gasteiger partial charge in [-0.25, -0.2) is 4.90 Å². The smallest absolute Gasteiger partial charge is 0.266 e. The zero-order valence-corrected chi connectivity index (χ0v) is 15.9. The van der Waals surface area contributed by atoms with E-state index in [4.69, 9.17) is 5.10 Å². The fraction of sp³-hybridized carbons (Fsp3) is 0.227. The lowest BCUT2D eigenvalue weighted by Crippen LogP contribution is -2.29. The van der Waals surface area contributed by atoms with Crippen molar-refractivity contribution in [1.82, 2.24) is 9.78 Å². The van der Waals surface area contributed by atoms with Crippen molar-refractivity contribution in [1.29, 1.82) is 0 Å². The van der Waals surface area contributed by atoms with Gasteiger partial charge in [-0.05, 0) is 39.8 Å². The molecule has 27 heavy (non-hydrogen) atoms. The Kier molecular flexibility index (Phi) is 3.77. The topological polar surface area (TPSA) is 55.2 Å². The highest BCUT2D eigenvalue weighted by molar-refractivity contribution is 6.35. The van der Waals surface area contributed by atoms with E-state index in [-0.39, 0.29) is 17.4 Å². The maximum Gasteiger partial charge on any atom is 0.266 e. The number of nitrogens with zero attached hydrogens (tertiary/aromatic N) is 3. The molecule has 0 spiro atoms. The SMILES string of the molecule is Cc1ccc(-c2nn(C(C)(C)C)cc2N2C(=O)c3ccccc3C2=O)cc1. The van der Waals surface area contributed by atoms with Crippen molar-refractivity contribution in [2.45, 2.75) is 33.2 Å². The summed E-state index contributed by atoms with van der Waals surface area (Å²) in [5.41, 5.74) is 3.73. The fourth-order valence-electron chi connectivity index (χ4n) is 3.20. The lowest BCUT2D eigenvalue weighted by atomic mass is 10.1. The van der Waals surface area contributed by atoms with Crippen molar-refractivity contribution in [3.05, 3.63) is 71.4 Å². The van der Waals surface area contributed by atoms with Crippen molar-refractivity contribution < 1.29 is 9.59 Å². The molecule has 0 N–H and O–H groups in total. The third-order valence-corrected chi connectivity index (χ3v) is 4.74. The number of imide groups is 1. The van der Waals surface area contributed by atoms with E-state index in [1.807, 2.05) is 52.0 Å². The molecule has 4 rings (SSSR count). The largest absolute Gasteiger partial charge is 0.268 e. The van der Waals surface area contributed by atoms with Gasteiger partial charge in [0.05, 0.1) is 28.6 Å². The number of anilines is 1. The lowest BCUT2D eigenvalue weighted by molar-refractivity contribution is 0.0926. The van der Waals surface area contributed by atoms with Gasteiger partial charge in [0.1, 0.15) is 5.69 Å². The third-order valence-electron chi connectivity index (χ3n) is 4.74. The molecular formula is C22H21N3O2. The lowest BCUT2D eigenvalue weighted by Gasteiger charge is -2.19. The van der Waals surface area contributed by atoms with Crippen LogP contribution in [0.25, 0.3) is 11.3 Å². The molecule has 0 aliphatic carbocycles. The second kappa shape index (κ2) is 5.91. The Morgan fingerprint density at radius 2 is 1.41 bits per heavy atom. The Morgan fingerprint density at radius 1 is 0.852 bits per heavy atom. The number of rotatable bonds is 2. The quantitative estimate of drug-likeness (QED) is 0.637. The summed E-state index contributed by atoms with van der Waals surface area (Å²) in [6.07, 6.45) is 1.79. The zero-order chi connectivity index (χ0) is 19.3. The van der Waals surface area contributed by atoms with Crippen molar-refractivity contribution in [3.8, 4) is 11.3 Å². The molecule has 5 heteroatoms. The molecule has 3 aromatic rings. The average Bonchev–Trinajstić information content (AvgIpc) is 3.16. The highest BCUT2D eigenvalue weighted by Crippen LogP contribution is 2.36. The molecule has 5 nitrogen and oxygen atoms in total. The van der Waals surface area contributed by atoms with Gasteiger partial charge in [-0.1, -0.05) is 42.0 Å². The summed E-state index contributed by atoms with van der Waals surface area (Å²) in [5, 5.41) is 4.73. The molecule has 0 unspecified atom stereocenters. The van der Waals surface area contributed by atoms with E-state index < -0.39 is 0 Å². The van der Waals surface area contributed by atoms with Gasteiger partial charge in [-0.2, -0.15) is 5.10 Å². The monoisotopic (exact) mass is 359 g/mol. The summed E-state index contributed by atoms with van der Waals surface area (Å²) in [6, 6.07) is 14.8. The van der Waals surface area contributed by atoms with Crippen molar-refractivity contribution in [2.24, 2.45) is 0 Å². The molecule has 0 radical (unpaired) electrons. The molecule has 0 bridgehead atoms. The first kappa shape index (κ1) is 17.2. The minimum Gasteiger partial charge on any atom is -0.268 e. The van der Waals surface area contributed by atoms with Crippen molar-refractivity contribution >= 4 is 17.5 Å². The van der Waals surface area contributed by atoms with Crippen LogP contribution in [0.15, 0.2) is 54.7 Å². The Bertz CT molecular complexity index is 1020. The van der Waals surface area contributed by atoms with Crippen molar-refractivity contribution in [2.75, 3.05) is 4.90 Å².